The molecule has 0 saturated heterocycles. The average Bonchev–Trinajstić information content (AvgIpc) is 2.54. The van der Waals surface area contributed by atoms with E-state index in [-0.39, 0.29) is 18.0 Å². The Morgan fingerprint density at radius 2 is 1.57 bits per heavy atom. The van der Waals surface area contributed by atoms with Gasteiger partial charge in [0.15, 0.2) is 0 Å². The fourth-order valence-corrected chi connectivity index (χ4v) is 4.56. The lowest BCUT2D eigenvalue weighted by Crippen LogP contribution is -2.51. The number of esters is 1. The summed E-state index contributed by atoms with van der Waals surface area (Å²) in [5.41, 5.74) is 2.98. The highest BCUT2D eigenvalue weighted by Crippen LogP contribution is 2.57. The van der Waals surface area contributed by atoms with E-state index in [0.29, 0.717) is 6.42 Å². The highest BCUT2D eigenvalue weighted by atomic mass is 35.5. The van der Waals surface area contributed by atoms with Gasteiger partial charge in [-0.1, -0.05) is 48.5 Å². The van der Waals surface area contributed by atoms with E-state index in [2.05, 4.69) is 0 Å². The SMILES string of the molecule is CC(=O)OC1CC2(C(=O)Cl)c3ccccc3C1c1ccccc12. The normalized spacial score (nSPS) is 27.0. The number of rotatable bonds is 2. The van der Waals surface area contributed by atoms with Gasteiger partial charge in [0.25, 0.3) is 0 Å². The summed E-state index contributed by atoms with van der Waals surface area (Å²) >= 11 is 6.12. The molecule has 1 atom stereocenters. The van der Waals surface area contributed by atoms with Crippen LogP contribution in [0.3, 0.4) is 0 Å². The zero-order chi connectivity index (χ0) is 16.2. The van der Waals surface area contributed by atoms with Crippen molar-refractivity contribution in [3.05, 3.63) is 70.8 Å². The summed E-state index contributed by atoms with van der Waals surface area (Å²) in [6.45, 7) is 1.40. The Hall–Kier alpha value is -2.13. The summed E-state index contributed by atoms with van der Waals surface area (Å²) in [6.07, 6.45) is 0.0214. The Kier molecular flexibility index (Phi) is 3.10. The lowest BCUT2D eigenvalue weighted by atomic mass is 9.54. The van der Waals surface area contributed by atoms with Gasteiger partial charge in [0.05, 0.1) is 5.41 Å². The van der Waals surface area contributed by atoms with E-state index >= 15 is 0 Å². The molecule has 2 aromatic carbocycles. The van der Waals surface area contributed by atoms with Crippen molar-refractivity contribution >= 4 is 22.8 Å². The van der Waals surface area contributed by atoms with E-state index in [1.54, 1.807) is 0 Å². The Bertz CT molecular complexity index is 779. The van der Waals surface area contributed by atoms with E-state index in [9.17, 15) is 9.59 Å². The molecular formula is C19H15ClO3. The van der Waals surface area contributed by atoms with Gasteiger partial charge < -0.3 is 4.74 Å². The molecular weight excluding hydrogens is 312 g/mol. The Morgan fingerprint density at radius 1 is 1.04 bits per heavy atom. The molecule has 0 radical (unpaired) electrons. The molecule has 3 aliphatic rings. The van der Waals surface area contributed by atoms with Crippen molar-refractivity contribution in [1.82, 2.24) is 0 Å². The Labute approximate surface area is 139 Å². The smallest absolute Gasteiger partial charge is 0.302 e. The van der Waals surface area contributed by atoms with Gasteiger partial charge in [-0.25, -0.2) is 0 Å². The third kappa shape index (κ3) is 1.83. The molecule has 2 bridgehead atoms. The number of halogens is 1. The van der Waals surface area contributed by atoms with Crippen LogP contribution in [0.4, 0.5) is 0 Å². The largest absolute Gasteiger partial charge is 0.461 e. The first-order valence-electron chi connectivity index (χ1n) is 7.61. The molecule has 2 aromatic rings. The van der Waals surface area contributed by atoms with E-state index in [1.807, 2.05) is 48.5 Å². The Balaban J connectivity index is 2.04. The maximum absolute atomic E-state index is 12.6. The number of hydrogen-bond donors (Lipinski definition) is 0. The van der Waals surface area contributed by atoms with Crippen LogP contribution in [0.2, 0.25) is 0 Å². The van der Waals surface area contributed by atoms with Crippen molar-refractivity contribution < 1.29 is 14.3 Å². The summed E-state index contributed by atoms with van der Waals surface area (Å²) in [5.74, 6) is -0.390. The minimum atomic E-state index is -0.941. The third-order valence-electron chi connectivity index (χ3n) is 5.04. The predicted octanol–water partition coefficient (Wildman–Crippen LogP) is 3.52. The zero-order valence-corrected chi connectivity index (χ0v) is 13.3. The first kappa shape index (κ1) is 14.5. The van der Waals surface area contributed by atoms with Crippen LogP contribution in [0, 0.1) is 0 Å². The maximum atomic E-state index is 12.6. The van der Waals surface area contributed by atoms with Gasteiger partial charge in [0.1, 0.15) is 6.10 Å². The van der Waals surface area contributed by atoms with Crippen LogP contribution in [0.1, 0.15) is 41.5 Å². The number of carbonyl (C=O) groups is 2. The van der Waals surface area contributed by atoms with Crippen molar-refractivity contribution in [3.63, 3.8) is 0 Å². The molecule has 3 nitrogen and oxygen atoms in total. The minimum absolute atomic E-state index is 0.0517. The number of fused-ring (bicyclic) bond motifs is 1. The predicted molar refractivity (Wildman–Crippen MR) is 86.5 cm³/mol. The minimum Gasteiger partial charge on any atom is -0.461 e. The summed E-state index contributed by atoms with van der Waals surface area (Å²) in [7, 11) is 0. The molecule has 3 aliphatic carbocycles. The standard InChI is InChI=1S/C19H15ClO3/c1-11(21)23-16-10-19(18(20)22)14-8-4-2-6-12(14)17(16)13-7-3-5-9-15(13)19/h2-9,16-17H,10H2,1H3. The fraction of sp³-hybridized carbons (Fsp3) is 0.263. The molecule has 0 aliphatic heterocycles. The highest BCUT2D eigenvalue weighted by molar-refractivity contribution is 6.66. The van der Waals surface area contributed by atoms with Crippen LogP contribution in [0.5, 0.6) is 0 Å². The van der Waals surface area contributed by atoms with Gasteiger partial charge in [0, 0.05) is 19.3 Å². The number of benzene rings is 2. The van der Waals surface area contributed by atoms with Crippen LogP contribution in [-0.2, 0) is 19.7 Å². The fourth-order valence-electron chi connectivity index (χ4n) is 4.28. The molecule has 0 N–H and O–H groups in total. The van der Waals surface area contributed by atoms with Gasteiger partial charge in [-0.15, -0.1) is 0 Å². The van der Waals surface area contributed by atoms with Crippen molar-refractivity contribution in [2.75, 3.05) is 0 Å². The first-order valence-corrected chi connectivity index (χ1v) is 7.99. The molecule has 5 rings (SSSR count). The monoisotopic (exact) mass is 326 g/mol. The van der Waals surface area contributed by atoms with Crippen LogP contribution in [-0.4, -0.2) is 17.3 Å². The topological polar surface area (TPSA) is 43.4 Å². The molecule has 0 amide bonds. The van der Waals surface area contributed by atoms with E-state index in [4.69, 9.17) is 16.3 Å². The average molecular weight is 327 g/mol. The van der Waals surface area contributed by atoms with Crippen LogP contribution in [0.15, 0.2) is 48.5 Å². The Morgan fingerprint density at radius 3 is 2.04 bits per heavy atom. The van der Waals surface area contributed by atoms with Gasteiger partial charge in [0.2, 0.25) is 5.24 Å². The zero-order valence-electron chi connectivity index (χ0n) is 12.6. The van der Waals surface area contributed by atoms with Crippen molar-refractivity contribution in [3.8, 4) is 0 Å². The molecule has 0 aromatic heterocycles. The van der Waals surface area contributed by atoms with E-state index < -0.39 is 10.7 Å². The van der Waals surface area contributed by atoms with Crippen molar-refractivity contribution in [1.29, 1.82) is 0 Å². The number of carbonyl (C=O) groups excluding carboxylic acids is 2. The number of hydrogen-bond acceptors (Lipinski definition) is 3. The molecule has 0 spiro atoms. The van der Waals surface area contributed by atoms with E-state index in [0.717, 1.165) is 22.3 Å². The summed E-state index contributed by atoms with van der Waals surface area (Å²) < 4.78 is 5.56. The molecule has 23 heavy (non-hydrogen) atoms. The lowest BCUT2D eigenvalue weighted by Gasteiger charge is -2.50. The van der Waals surface area contributed by atoms with Gasteiger partial charge in [-0.3, -0.25) is 9.59 Å². The molecule has 0 heterocycles. The van der Waals surface area contributed by atoms with Crippen molar-refractivity contribution in [2.24, 2.45) is 0 Å². The molecule has 0 saturated carbocycles. The lowest BCUT2D eigenvalue weighted by molar-refractivity contribution is -0.149. The quantitative estimate of drug-likeness (QED) is 0.626. The summed E-state index contributed by atoms with van der Waals surface area (Å²) in [6, 6.07) is 15.7. The van der Waals surface area contributed by atoms with Crippen molar-refractivity contribution in [2.45, 2.75) is 30.8 Å². The van der Waals surface area contributed by atoms with Crippen LogP contribution < -0.4 is 0 Å². The summed E-state index contributed by atoms with van der Waals surface area (Å²) in [4.78, 5) is 24.1. The number of ether oxygens (including phenoxy) is 1. The first-order chi connectivity index (χ1) is 11.1. The molecule has 1 unspecified atom stereocenters. The maximum Gasteiger partial charge on any atom is 0.302 e. The summed E-state index contributed by atoms with van der Waals surface area (Å²) in [5, 5.41) is -0.423. The second-order valence-electron chi connectivity index (χ2n) is 6.18. The second kappa shape index (κ2) is 4.93. The van der Waals surface area contributed by atoms with Gasteiger partial charge >= 0.3 is 5.97 Å². The second-order valence-corrected chi connectivity index (χ2v) is 6.53. The van der Waals surface area contributed by atoms with Gasteiger partial charge in [-0.05, 0) is 33.9 Å². The third-order valence-corrected chi connectivity index (χ3v) is 5.37. The molecule has 0 fully saturated rings. The molecule has 116 valence electrons. The van der Waals surface area contributed by atoms with Gasteiger partial charge in [-0.2, -0.15) is 0 Å². The molecule has 4 heteroatoms. The van der Waals surface area contributed by atoms with E-state index in [1.165, 1.54) is 6.92 Å². The van der Waals surface area contributed by atoms with Crippen LogP contribution >= 0.6 is 11.6 Å². The van der Waals surface area contributed by atoms with Crippen LogP contribution in [0.25, 0.3) is 0 Å². The highest BCUT2D eigenvalue weighted by Gasteiger charge is 2.57.